The molecule has 0 heterocycles. The molecule has 2 radical (unpaired) electrons. The molecule has 0 spiro atoms. The van der Waals surface area contributed by atoms with Gasteiger partial charge in [-0.1, -0.05) is 83.8 Å². The largest absolute Gasteiger partial charge is 0.0885 e. The third-order valence-electron chi connectivity index (χ3n) is 3.32. The molecule has 1 unspecified atom stereocenters. The number of rotatable bonds is 12. The molecule has 0 aromatic heterocycles. The highest BCUT2D eigenvalue weighted by Gasteiger charge is 1.99. The van der Waals surface area contributed by atoms with Crippen LogP contribution in [0.2, 0.25) is 0 Å². The first-order valence-electron chi connectivity index (χ1n) is 7.54. The van der Waals surface area contributed by atoms with Gasteiger partial charge in [-0.15, -0.1) is 0 Å². The summed E-state index contributed by atoms with van der Waals surface area (Å²) in [4.78, 5) is 0. The van der Waals surface area contributed by atoms with Crippen molar-refractivity contribution < 1.29 is 0 Å². The van der Waals surface area contributed by atoms with Crippen LogP contribution >= 0.6 is 0 Å². The summed E-state index contributed by atoms with van der Waals surface area (Å²) in [6.07, 6.45) is 18.9. The summed E-state index contributed by atoms with van der Waals surface area (Å²) in [5.74, 6) is 0.851. The first kappa shape index (κ1) is 16.7. The van der Waals surface area contributed by atoms with Gasteiger partial charge in [0, 0.05) is 0 Å². The minimum Gasteiger partial charge on any atom is -0.0885 e. The van der Waals surface area contributed by atoms with Crippen molar-refractivity contribution in [3.8, 4) is 0 Å². The van der Waals surface area contributed by atoms with E-state index in [9.17, 15) is 0 Å². The molecule has 0 bridgehead atoms. The molecule has 0 fully saturated rings. The molecule has 0 saturated heterocycles. The fraction of sp³-hybridized carbons (Fsp3) is 0.765. The Kier molecular flexibility index (Phi) is 13.6. The average Bonchev–Trinajstić information content (AvgIpc) is 2.33. The van der Waals surface area contributed by atoms with Crippen molar-refractivity contribution in [2.24, 2.45) is 5.92 Å². The van der Waals surface area contributed by atoms with Gasteiger partial charge in [0.2, 0.25) is 0 Å². The zero-order valence-electron chi connectivity index (χ0n) is 11.9. The number of hydrogen-bond donors (Lipinski definition) is 0. The van der Waals surface area contributed by atoms with Crippen molar-refractivity contribution in [3.05, 3.63) is 26.0 Å². The van der Waals surface area contributed by atoms with Gasteiger partial charge in [-0.3, -0.25) is 0 Å². The van der Waals surface area contributed by atoms with E-state index < -0.39 is 0 Å². The van der Waals surface area contributed by atoms with Crippen LogP contribution in [0.15, 0.2) is 12.2 Å². The van der Waals surface area contributed by atoms with E-state index in [0.717, 1.165) is 18.8 Å². The summed E-state index contributed by atoms with van der Waals surface area (Å²) in [6.45, 7) is 10.0. The van der Waals surface area contributed by atoms with E-state index >= 15 is 0 Å². The predicted molar refractivity (Wildman–Crippen MR) is 79.8 cm³/mol. The molecule has 0 amide bonds. The summed E-state index contributed by atoms with van der Waals surface area (Å²) in [7, 11) is 0. The Labute approximate surface area is 110 Å². The fourth-order valence-electron chi connectivity index (χ4n) is 2.12. The molecule has 0 aromatic carbocycles. The van der Waals surface area contributed by atoms with Crippen LogP contribution < -0.4 is 0 Å². The van der Waals surface area contributed by atoms with Crippen molar-refractivity contribution in [1.82, 2.24) is 0 Å². The quantitative estimate of drug-likeness (QED) is 0.282. The zero-order chi connectivity index (χ0) is 12.8. The summed E-state index contributed by atoms with van der Waals surface area (Å²) >= 11 is 0. The average molecular weight is 236 g/mol. The highest BCUT2D eigenvalue weighted by atomic mass is 14.0. The van der Waals surface area contributed by atoms with Crippen LogP contribution in [0, 0.1) is 19.8 Å². The van der Waals surface area contributed by atoms with E-state index in [2.05, 4.69) is 32.9 Å². The van der Waals surface area contributed by atoms with E-state index in [1.54, 1.807) is 0 Å². The second-order valence-corrected chi connectivity index (χ2v) is 5.22. The molecule has 0 aliphatic rings. The second-order valence-electron chi connectivity index (χ2n) is 5.22. The van der Waals surface area contributed by atoms with Crippen LogP contribution in [-0.4, -0.2) is 0 Å². The van der Waals surface area contributed by atoms with Gasteiger partial charge in [-0.05, 0) is 25.7 Å². The van der Waals surface area contributed by atoms with Gasteiger partial charge in [-0.25, -0.2) is 0 Å². The van der Waals surface area contributed by atoms with Gasteiger partial charge in [-0.2, -0.15) is 0 Å². The Bertz CT molecular complexity index is 157. The lowest BCUT2D eigenvalue weighted by atomic mass is 9.98. The smallest absolute Gasteiger partial charge is 0.0325 e. The van der Waals surface area contributed by atoms with Gasteiger partial charge >= 0.3 is 0 Å². The summed E-state index contributed by atoms with van der Waals surface area (Å²) < 4.78 is 0. The summed E-state index contributed by atoms with van der Waals surface area (Å²) in [5, 5.41) is 0. The van der Waals surface area contributed by atoms with Crippen molar-refractivity contribution >= 4 is 0 Å². The molecule has 17 heavy (non-hydrogen) atoms. The van der Waals surface area contributed by atoms with Gasteiger partial charge in [0.25, 0.3) is 0 Å². The molecular weight excluding hydrogens is 204 g/mol. The second kappa shape index (κ2) is 13.8. The van der Waals surface area contributed by atoms with Crippen LogP contribution in [0.5, 0.6) is 0 Å². The maximum absolute atomic E-state index is 3.87. The van der Waals surface area contributed by atoms with E-state index in [-0.39, 0.29) is 0 Å². The van der Waals surface area contributed by atoms with Crippen molar-refractivity contribution in [2.75, 3.05) is 0 Å². The highest BCUT2D eigenvalue weighted by Crippen LogP contribution is 2.15. The lowest BCUT2D eigenvalue weighted by molar-refractivity contribution is 0.484. The minimum atomic E-state index is 0.851. The molecule has 0 aliphatic carbocycles. The molecular formula is C17H32. The minimum absolute atomic E-state index is 0.851. The molecule has 0 aliphatic heterocycles. The Morgan fingerprint density at radius 2 is 1.41 bits per heavy atom. The number of hydrogen-bond acceptors (Lipinski definition) is 0. The molecule has 0 aromatic rings. The molecule has 0 saturated carbocycles. The maximum atomic E-state index is 3.87. The van der Waals surface area contributed by atoms with E-state index in [0.29, 0.717) is 0 Å². The molecule has 0 N–H and O–H groups in total. The lowest BCUT2D eigenvalue weighted by Gasteiger charge is -2.08. The normalized spacial score (nSPS) is 13.4. The molecule has 0 rings (SSSR count). The maximum Gasteiger partial charge on any atom is -0.0325 e. The third kappa shape index (κ3) is 13.7. The zero-order valence-corrected chi connectivity index (χ0v) is 11.9. The van der Waals surface area contributed by atoms with Crippen LogP contribution in [0.25, 0.3) is 0 Å². The molecule has 100 valence electrons. The summed E-state index contributed by atoms with van der Waals surface area (Å²) in [6, 6.07) is 0. The summed E-state index contributed by atoms with van der Waals surface area (Å²) in [5.41, 5.74) is 0. The standard InChI is InChI=1S/C17H32/c1-4-6-8-9-10-11-12-14-16-17(3)15-13-7-5-2/h7,13,17H,1-2,4-6,8-12,14-16H2,3H3. The molecule has 0 heteroatoms. The molecule has 0 nitrogen and oxygen atoms in total. The third-order valence-corrected chi connectivity index (χ3v) is 3.32. The van der Waals surface area contributed by atoms with Crippen LogP contribution in [0.3, 0.4) is 0 Å². The van der Waals surface area contributed by atoms with Crippen molar-refractivity contribution in [3.63, 3.8) is 0 Å². The van der Waals surface area contributed by atoms with Gasteiger partial charge in [0.1, 0.15) is 0 Å². The highest BCUT2D eigenvalue weighted by molar-refractivity contribution is 4.83. The molecule has 1 atom stereocenters. The van der Waals surface area contributed by atoms with Crippen molar-refractivity contribution in [2.45, 2.75) is 77.6 Å². The monoisotopic (exact) mass is 236 g/mol. The lowest BCUT2D eigenvalue weighted by Crippen LogP contribution is -1.92. The Morgan fingerprint density at radius 1 is 0.824 bits per heavy atom. The van der Waals surface area contributed by atoms with Gasteiger partial charge < -0.3 is 0 Å². The van der Waals surface area contributed by atoms with E-state index in [1.165, 1.54) is 57.8 Å². The van der Waals surface area contributed by atoms with E-state index in [1.807, 2.05) is 0 Å². The Morgan fingerprint density at radius 3 is 2.00 bits per heavy atom. The van der Waals surface area contributed by atoms with Crippen molar-refractivity contribution in [1.29, 1.82) is 0 Å². The van der Waals surface area contributed by atoms with Crippen LogP contribution in [0.1, 0.15) is 77.6 Å². The van der Waals surface area contributed by atoms with Crippen LogP contribution in [-0.2, 0) is 0 Å². The van der Waals surface area contributed by atoms with E-state index in [4.69, 9.17) is 0 Å². The predicted octanol–water partition coefficient (Wildman–Crippen LogP) is 6.14. The fourth-order valence-corrected chi connectivity index (χ4v) is 2.12. The Balaban J connectivity index is 3.13. The SMILES string of the molecule is [CH2]CC=CCC(C)CCCCCCCCC[CH2]. The van der Waals surface area contributed by atoms with Gasteiger partial charge in [0.05, 0.1) is 0 Å². The Hall–Kier alpha value is -0.260. The first-order valence-corrected chi connectivity index (χ1v) is 7.54. The number of unbranched alkanes of at least 4 members (excludes halogenated alkanes) is 7. The van der Waals surface area contributed by atoms with Crippen LogP contribution in [0.4, 0.5) is 0 Å². The first-order chi connectivity index (χ1) is 8.31. The topological polar surface area (TPSA) is 0 Å². The van der Waals surface area contributed by atoms with Gasteiger partial charge in [0.15, 0.2) is 0 Å². The number of allylic oxidation sites excluding steroid dienone is 2.